The molecule has 2 rings (SSSR count). The van der Waals surface area contributed by atoms with E-state index in [0.717, 1.165) is 19.3 Å². The van der Waals surface area contributed by atoms with Gasteiger partial charge < -0.3 is 9.64 Å². The number of carbonyl (C=O) groups is 1. The van der Waals surface area contributed by atoms with Crippen LogP contribution in [-0.2, 0) is 9.53 Å². The van der Waals surface area contributed by atoms with Crippen LogP contribution in [0, 0.1) is 5.92 Å². The van der Waals surface area contributed by atoms with Gasteiger partial charge in [-0.3, -0.25) is 10.1 Å². The SMILES string of the molecule is COC(=O)C1(NC2CC2)CCCC(N(C)C(C)C(C)C)C1. The molecule has 0 radical (unpaired) electrons. The summed E-state index contributed by atoms with van der Waals surface area (Å²) in [7, 11) is 3.72. The monoisotopic (exact) mass is 296 g/mol. The topological polar surface area (TPSA) is 41.6 Å². The van der Waals surface area contributed by atoms with Crippen molar-refractivity contribution in [3.63, 3.8) is 0 Å². The van der Waals surface area contributed by atoms with Crippen LogP contribution in [0.15, 0.2) is 0 Å². The number of esters is 1. The predicted molar refractivity (Wildman–Crippen MR) is 85.2 cm³/mol. The molecule has 0 amide bonds. The highest BCUT2D eigenvalue weighted by molar-refractivity contribution is 5.81. The Kier molecular flexibility index (Phi) is 5.31. The van der Waals surface area contributed by atoms with E-state index in [-0.39, 0.29) is 5.97 Å². The van der Waals surface area contributed by atoms with Gasteiger partial charge in [0.1, 0.15) is 5.54 Å². The number of nitrogens with one attached hydrogen (secondary N) is 1. The van der Waals surface area contributed by atoms with E-state index in [0.29, 0.717) is 24.0 Å². The van der Waals surface area contributed by atoms with Gasteiger partial charge in [-0.25, -0.2) is 0 Å². The van der Waals surface area contributed by atoms with E-state index in [9.17, 15) is 4.79 Å². The summed E-state index contributed by atoms with van der Waals surface area (Å²) < 4.78 is 5.14. The van der Waals surface area contributed by atoms with Crippen LogP contribution in [0.2, 0.25) is 0 Å². The van der Waals surface area contributed by atoms with Crippen LogP contribution in [0.3, 0.4) is 0 Å². The Morgan fingerprint density at radius 1 is 1.29 bits per heavy atom. The second-order valence-corrected chi connectivity index (χ2v) is 7.39. The minimum absolute atomic E-state index is 0.0651. The molecule has 0 bridgehead atoms. The lowest BCUT2D eigenvalue weighted by atomic mass is 9.77. The molecule has 0 aliphatic heterocycles. The molecule has 0 aromatic rings. The minimum Gasteiger partial charge on any atom is -0.468 e. The second kappa shape index (κ2) is 6.66. The van der Waals surface area contributed by atoms with Crippen LogP contribution in [0.5, 0.6) is 0 Å². The average molecular weight is 296 g/mol. The fourth-order valence-corrected chi connectivity index (χ4v) is 3.59. The molecule has 0 spiro atoms. The van der Waals surface area contributed by atoms with Gasteiger partial charge in [0.25, 0.3) is 0 Å². The van der Waals surface area contributed by atoms with Gasteiger partial charge in [-0.05, 0) is 58.4 Å². The van der Waals surface area contributed by atoms with Crippen molar-refractivity contribution in [3.05, 3.63) is 0 Å². The third-order valence-corrected chi connectivity index (χ3v) is 5.54. The van der Waals surface area contributed by atoms with Gasteiger partial charge >= 0.3 is 5.97 Å². The zero-order valence-corrected chi connectivity index (χ0v) is 14.3. The number of carbonyl (C=O) groups excluding carboxylic acids is 1. The molecule has 2 fully saturated rings. The van der Waals surface area contributed by atoms with Gasteiger partial charge in [0.15, 0.2) is 0 Å². The van der Waals surface area contributed by atoms with Crippen molar-refractivity contribution in [2.75, 3.05) is 14.2 Å². The number of rotatable bonds is 6. The van der Waals surface area contributed by atoms with Crippen LogP contribution >= 0.6 is 0 Å². The Labute approximate surface area is 129 Å². The average Bonchev–Trinajstić information content (AvgIpc) is 3.28. The third kappa shape index (κ3) is 3.78. The zero-order chi connectivity index (χ0) is 15.6. The van der Waals surface area contributed by atoms with Crippen molar-refractivity contribution in [1.29, 1.82) is 0 Å². The first-order valence-electron chi connectivity index (χ1n) is 8.47. The van der Waals surface area contributed by atoms with Crippen LogP contribution < -0.4 is 5.32 Å². The maximum Gasteiger partial charge on any atom is 0.326 e. The maximum atomic E-state index is 12.4. The van der Waals surface area contributed by atoms with Gasteiger partial charge in [-0.15, -0.1) is 0 Å². The van der Waals surface area contributed by atoms with E-state index >= 15 is 0 Å². The first kappa shape index (κ1) is 16.8. The third-order valence-electron chi connectivity index (χ3n) is 5.54. The summed E-state index contributed by atoms with van der Waals surface area (Å²) >= 11 is 0. The Bertz CT molecular complexity index is 368. The highest BCUT2D eigenvalue weighted by atomic mass is 16.5. The highest BCUT2D eigenvalue weighted by Crippen LogP contribution is 2.36. The summed E-state index contributed by atoms with van der Waals surface area (Å²) in [4.78, 5) is 14.9. The minimum atomic E-state index is -0.455. The van der Waals surface area contributed by atoms with E-state index < -0.39 is 5.54 Å². The molecule has 21 heavy (non-hydrogen) atoms. The maximum absolute atomic E-state index is 12.4. The Morgan fingerprint density at radius 3 is 2.48 bits per heavy atom. The molecule has 2 saturated carbocycles. The number of hydrogen-bond donors (Lipinski definition) is 1. The smallest absolute Gasteiger partial charge is 0.326 e. The molecule has 0 heterocycles. The molecule has 1 N–H and O–H groups in total. The molecule has 2 aliphatic rings. The molecule has 3 atom stereocenters. The predicted octanol–water partition coefficient (Wildman–Crippen LogP) is 2.57. The zero-order valence-electron chi connectivity index (χ0n) is 14.3. The van der Waals surface area contributed by atoms with Crippen LogP contribution in [0.1, 0.15) is 59.3 Å². The second-order valence-electron chi connectivity index (χ2n) is 7.39. The number of nitrogens with zero attached hydrogens (tertiary/aromatic N) is 1. The molecule has 4 nitrogen and oxygen atoms in total. The Balaban J connectivity index is 2.10. The lowest BCUT2D eigenvalue weighted by Gasteiger charge is -2.45. The van der Waals surface area contributed by atoms with Crippen molar-refractivity contribution in [3.8, 4) is 0 Å². The van der Waals surface area contributed by atoms with E-state index in [1.54, 1.807) is 0 Å². The van der Waals surface area contributed by atoms with Crippen molar-refractivity contribution in [1.82, 2.24) is 10.2 Å². The Morgan fingerprint density at radius 2 is 1.95 bits per heavy atom. The molecule has 2 aliphatic carbocycles. The molecular weight excluding hydrogens is 264 g/mol. The summed E-state index contributed by atoms with van der Waals surface area (Å²) in [6.45, 7) is 6.81. The molecule has 122 valence electrons. The summed E-state index contributed by atoms with van der Waals surface area (Å²) in [5, 5.41) is 3.61. The largest absolute Gasteiger partial charge is 0.468 e. The van der Waals surface area contributed by atoms with E-state index in [1.165, 1.54) is 26.4 Å². The normalized spacial score (nSPS) is 31.5. The van der Waals surface area contributed by atoms with Crippen molar-refractivity contribution in [2.45, 2.75) is 83.0 Å². The van der Waals surface area contributed by atoms with E-state index in [2.05, 4.69) is 38.0 Å². The van der Waals surface area contributed by atoms with Gasteiger partial charge in [-0.1, -0.05) is 13.8 Å². The molecule has 0 saturated heterocycles. The first-order valence-corrected chi connectivity index (χ1v) is 8.47. The van der Waals surface area contributed by atoms with Crippen LogP contribution in [0.4, 0.5) is 0 Å². The highest BCUT2D eigenvalue weighted by Gasteiger charge is 2.47. The molecule has 0 aromatic carbocycles. The molecule has 4 heteroatoms. The number of ether oxygens (including phenoxy) is 1. The summed E-state index contributed by atoms with van der Waals surface area (Å²) in [5.41, 5.74) is -0.455. The number of methoxy groups -OCH3 is 1. The van der Waals surface area contributed by atoms with Gasteiger partial charge in [0.2, 0.25) is 0 Å². The van der Waals surface area contributed by atoms with Crippen LogP contribution in [-0.4, -0.2) is 48.7 Å². The lowest BCUT2D eigenvalue weighted by Crippen LogP contribution is -2.60. The number of hydrogen-bond acceptors (Lipinski definition) is 4. The van der Waals surface area contributed by atoms with Crippen molar-refractivity contribution < 1.29 is 9.53 Å². The summed E-state index contributed by atoms with van der Waals surface area (Å²) in [5.74, 6) is 0.561. The fourth-order valence-electron chi connectivity index (χ4n) is 3.59. The van der Waals surface area contributed by atoms with Gasteiger partial charge in [-0.2, -0.15) is 0 Å². The first-order chi connectivity index (χ1) is 9.89. The quantitative estimate of drug-likeness (QED) is 0.765. The summed E-state index contributed by atoms with van der Waals surface area (Å²) in [6, 6.07) is 1.52. The fraction of sp³-hybridized carbons (Fsp3) is 0.941. The Hall–Kier alpha value is -0.610. The van der Waals surface area contributed by atoms with E-state index in [4.69, 9.17) is 4.74 Å². The van der Waals surface area contributed by atoms with E-state index in [1.807, 2.05) is 0 Å². The van der Waals surface area contributed by atoms with Gasteiger partial charge in [0.05, 0.1) is 7.11 Å². The summed E-state index contributed by atoms with van der Waals surface area (Å²) in [6.07, 6.45) is 6.46. The molecular formula is C17H32N2O2. The van der Waals surface area contributed by atoms with Gasteiger partial charge in [0, 0.05) is 18.1 Å². The molecule has 0 aromatic heterocycles. The lowest BCUT2D eigenvalue weighted by molar-refractivity contribution is -0.151. The molecule has 3 unspecified atom stereocenters. The van der Waals surface area contributed by atoms with Crippen molar-refractivity contribution in [2.24, 2.45) is 5.92 Å². The standard InChI is InChI=1S/C17H32N2O2/c1-12(2)13(3)19(4)15-7-6-10-17(11-15,16(20)21-5)18-14-8-9-14/h12-15,18H,6-11H2,1-5H3. The van der Waals surface area contributed by atoms with Crippen molar-refractivity contribution >= 4 is 5.97 Å². The van der Waals surface area contributed by atoms with Crippen LogP contribution in [0.25, 0.3) is 0 Å².